The lowest BCUT2D eigenvalue weighted by Gasteiger charge is -2.02. The van der Waals surface area contributed by atoms with Crippen molar-refractivity contribution in [2.75, 3.05) is 12.0 Å². The summed E-state index contributed by atoms with van der Waals surface area (Å²) in [6.45, 7) is 0. The molecule has 2 aromatic rings. The first kappa shape index (κ1) is 9.68. The summed E-state index contributed by atoms with van der Waals surface area (Å²) in [7, 11) is 0. The fourth-order valence-electron chi connectivity index (χ4n) is 1.23. The molecule has 15 heavy (non-hydrogen) atoms. The van der Waals surface area contributed by atoms with Gasteiger partial charge in [-0.15, -0.1) is 11.8 Å². The molecule has 0 saturated heterocycles. The first-order chi connectivity index (χ1) is 7.26. The van der Waals surface area contributed by atoms with Crippen LogP contribution in [0.4, 0.5) is 5.82 Å². The number of fused-ring (bicyclic) bond motifs is 1. The van der Waals surface area contributed by atoms with Gasteiger partial charge in [-0.05, 0) is 12.3 Å². The quantitative estimate of drug-likeness (QED) is 0.570. The molecule has 0 unspecified atom stereocenters. The Hall–Kier alpha value is -1.87. The molecule has 6 heteroatoms. The van der Waals surface area contributed by atoms with E-state index in [1.54, 1.807) is 6.07 Å². The van der Waals surface area contributed by atoms with Gasteiger partial charge in [0, 0.05) is 0 Å². The van der Waals surface area contributed by atoms with Crippen molar-refractivity contribution in [1.29, 1.82) is 5.26 Å². The van der Waals surface area contributed by atoms with E-state index in [-0.39, 0.29) is 5.82 Å². The molecule has 0 aliphatic rings. The molecule has 0 saturated carbocycles. The summed E-state index contributed by atoms with van der Waals surface area (Å²) in [5, 5.41) is 10.4. The second-order valence-electron chi connectivity index (χ2n) is 2.79. The van der Waals surface area contributed by atoms with Gasteiger partial charge in [0.2, 0.25) is 0 Å². The van der Waals surface area contributed by atoms with E-state index >= 15 is 0 Å². The van der Waals surface area contributed by atoms with E-state index in [2.05, 4.69) is 15.0 Å². The molecule has 0 aromatic carbocycles. The van der Waals surface area contributed by atoms with Crippen molar-refractivity contribution >= 4 is 28.6 Å². The standard InChI is InChI=1S/C9H7N5S/c1-15-9-6-2-5(3-10)7(11)14-8(6)12-4-13-9/h2,4H,1H3,(H2,11,12,13,14). The van der Waals surface area contributed by atoms with Crippen LogP contribution in [0, 0.1) is 11.3 Å². The van der Waals surface area contributed by atoms with Crippen molar-refractivity contribution in [3.8, 4) is 6.07 Å². The second kappa shape index (κ2) is 3.71. The van der Waals surface area contributed by atoms with Crippen LogP contribution in [0.5, 0.6) is 0 Å². The van der Waals surface area contributed by atoms with E-state index in [1.807, 2.05) is 12.3 Å². The van der Waals surface area contributed by atoms with Crippen molar-refractivity contribution in [3.05, 3.63) is 18.0 Å². The summed E-state index contributed by atoms with van der Waals surface area (Å²) in [5.74, 6) is 0.204. The highest BCUT2D eigenvalue weighted by molar-refractivity contribution is 7.98. The molecule has 2 rings (SSSR count). The van der Waals surface area contributed by atoms with Gasteiger partial charge in [-0.2, -0.15) is 5.26 Å². The highest BCUT2D eigenvalue weighted by Crippen LogP contribution is 2.23. The maximum absolute atomic E-state index is 8.82. The molecular weight excluding hydrogens is 210 g/mol. The van der Waals surface area contributed by atoms with Crippen molar-refractivity contribution in [2.45, 2.75) is 5.03 Å². The van der Waals surface area contributed by atoms with Crippen molar-refractivity contribution in [1.82, 2.24) is 15.0 Å². The fraction of sp³-hybridized carbons (Fsp3) is 0.111. The summed E-state index contributed by atoms with van der Waals surface area (Å²) >= 11 is 1.48. The predicted octanol–water partition coefficient (Wildman–Crippen LogP) is 1.20. The van der Waals surface area contributed by atoms with E-state index in [0.717, 1.165) is 10.4 Å². The normalized spacial score (nSPS) is 10.1. The second-order valence-corrected chi connectivity index (χ2v) is 3.58. The monoisotopic (exact) mass is 217 g/mol. The number of nitriles is 1. The zero-order chi connectivity index (χ0) is 10.8. The number of aromatic nitrogens is 3. The smallest absolute Gasteiger partial charge is 0.166 e. The van der Waals surface area contributed by atoms with Gasteiger partial charge in [0.05, 0.1) is 10.9 Å². The summed E-state index contributed by atoms with van der Waals surface area (Å²) in [6, 6.07) is 3.66. The third-order valence-electron chi connectivity index (χ3n) is 1.93. The molecule has 0 bridgehead atoms. The highest BCUT2D eigenvalue weighted by atomic mass is 32.2. The number of anilines is 1. The maximum Gasteiger partial charge on any atom is 0.166 e. The number of nitrogens with zero attached hydrogens (tertiary/aromatic N) is 4. The van der Waals surface area contributed by atoms with Crippen molar-refractivity contribution < 1.29 is 0 Å². The van der Waals surface area contributed by atoms with Crippen LogP contribution < -0.4 is 5.73 Å². The molecule has 0 radical (unpaired) electrons. The minimum atomic E-state index is 0.204. The Bertz CT molecular complexity index is 560. The number of hydrogen-bond donors (Lipinski definition) is 1. The average Bonchev–Trinajstić information content (AvgIpc) is 2.27. The van der Waals surface area contributed by atoms with Crippen LogP contribution in [-0.4, -0.2) is 21.2 Å². The molecule has 0 spiro atoms. The van der Waals surface area contributed by atoms with Crippen molar-refractivity contribution in [3.63, 3.8) is 0 Å². The Balaban J connectivity index is 2.83. The van der Waals surface area contributed by atoms with Crippen LogP contribution in [0.2, 0.25) is 0 Å². The largest absolute Gasteiger partial charge is 0.383 e. The van der Waals surface area contributed by atoms with Gasteiger partial charge in [0.1, 0.15) is 23.2 Å². The first-order valence-corrected chi connectivity index (χ1v) is 5.34. The third-order valence-corrected chi connectivity index (χ3v) is 2.64. The molecular formula is C9H7N5S. The Morgan fingerprint density at radius 1 is 1.47 bits per heavy atom. The molecule has 0 atom stereocenters. The van der Waals surface area contributed by atoms with Crippen LogP contribution in [0.3, 0.4) is 0 Å². The lowest BCUT2D eigenvalue weighted by Crippen LogP contribution is -1.98. The summed E-state index contributed by atoms with van der Waals surface area (Å²) in [4.78, 5) is 12.1. The van der Waals surface area contributed by atoms with Crippen LogP contribution in [-0.2, 0) is 0 Å². The predicted molar refractivity (Wildman–Crippen MR) is 58.2 cm³/mol. The molecule has 0 aliphatic heterocycles. The summed E-state index contributed by atoms with van der Waals surface area (Å²) < 4.78 is 0. The Labute approximate surface area is 90.4 Å². The fourth-order valence-corrected chi connectivity index (χ4v) is 1.75. The Kier molecular flexibility index (Phi) is 2.39. The molecule has 2 N–H and O–H groups in total. The van der Waals surface area contributed by atoms with Gasteiger partial charge in [0.15, 0.2) is 5.65 Å². The van der Waals surface area contributed by atoms with E-state index in [4.69, 9.17) is 11.0 Å². The first-order valence-electron chi connectivity index (χ1n) is 4.11. The van der Waals surface area contributed by atoms with E-state index in [0.29, 0.717) is 11.2 Å². The average molecular weight is 217 g/mol. The zero-order valence-corrected chi connectivity index (χ0v) is 8.75. The lowest BCUT2D eigenvalue weighted by molar-refractivity contribution is 1.08. The number of hydrogen-bond acceptors (Lipinski definition) is 6. The molecule has 0 fully saturated rings. The Morgan fingerprint density at radius 3 is 2.93 bits per heavy atom. The van der Waals surface area contributed by atoms with E-state index in [1.165, 1.54) is 18.1 Å². The number of pyridine rings is 1. The number of nitrogen functional groups attached to an aromatic ring is 1. The SMILES string of the molecule is CSc1ncnc2nc(N)c(C#N)cc12. The van der Waals surface area contributed by atoms with Gasteiger partial charge >= 0.3 is 0 Å². The van der Waals surface area contributed by atoms with Crippen LogP contribution in [0.15, 0.2) is 17.4 Å². The molecule has 2 heterocycles. The number of rotatable bonds is 1. The van der Waals surface area contributed by atoms with Gasteiger partial charge in [0.25, 0.3) is 0 Å². The molecule has 2 aromatic heterocycles. The third kappa shape index (κ3) is 1.57. The van der Waals surface area contributed by atoms with Gasteiger partial charge in [-0.3, -0.25) is 0 Å². The lowest BCUT2D eigenvalue weighted by atomic mass is 10.2. The van der Waals surface area contributed by atoms with Crippen molar-refractivity contribution in [2.24, 2.45) is 0 Å². The zero-order valence-electron chi connectivity index (χ0n) is 7.93. The Morgan fingerprint density at radius 2 is 2.27 bits per heavy atom. The van der Waals surface area contributed by atoms with E-state index < -0.39 is 0 Å². The molecule has 5 nitrogen and oxygen atoms in total. The minimum absolute atomic E-state index is 0.204. The topological polar surface area (TPSA) is 88.5 Å². The summed E-state index contributed by atoms with van der Waals surface area (Å²) in [5.41, 5.74) is 6.46. The number of thioether (sulfide) groups is 1. The molecule has 0 amide bonds. The summed E-state index contributed by atoms with van der Waals surface area (Å²) in [6.07, 6.45) is 3.34. The minimum Gasteiger partial charge on any atom is -0.383 e. The van der Waals surface area contributed by atoms with Crippen LogP contribution in [0.1, 0.15) is 5.56 Å². The van der Waals surface area contributed by atoms with Gasteiger partial charge in [-0.1, -0.05) is 0 Å². The van der Waals surface area contributed by atoms with Gasteiger partial charge in [-0.25, -0.2) is 15.0 Å². The molecule has 74 valence electrons. The van der Waals surface area contributed by atoms with Gasteiger partial charge < -0.3 is 5.73 Å². The highest BCUT2D eigenvalue weighted by Gasteiger charge is 2.08. The van der Waals surface area contributed by atoms with Crippen LogP contribution >= 0.6 is 11.8 Å². The van der Waals surface area contributed by atoms with E-state index in [9.17, 15) is 0 Å². The number of nitrogens with two attached hydrogens (primary N) is 1. The van der Waals surface area contributed by atoms with Crippen LogP contribution in [0.25, 0.3) is 11.0 Å². The molecule has 0 aliphatic carbocycles. The maximum atomic E-state index is 8.82.